The lowest BCUT2D eigenvalue weighted by Crippen LogP contribution is -2.40. The van der Waals surface area contributed by atoms with Crippen molar-refractivity contribution in [3.63, 3.8) is 0 Å². The van der Waals surface area contributed by atoms with Gasteiger partial charge in [0, 0.05) is 24.3 Å². The van der Waals surface area contributed by atoms with E-state index in [0.717, 1.165) is 42.7 Å². The number of carbonyl (C=O) groups excluding carboxylic acids is 1. The molecule has 0 radical (unpaired) electrons. The molecule has 3 aromatic rings. The van der Waals surface area contributed by atoms with Gasteiger partial charge in [-0.1, -0.05) is 28.9 Å². The molecule has 25 heavy (non-hydrogen) atoms. The highest BCUT2D eigenvalue weighted by Crippen LogP contribution is 2.24. The Hall–Kier alpha value is -2.47. The van der Waals surface area contributed by atoms with E-state index in [1.807, 2.05) is 46.0 Å². The number of nitrogens with zero attached hydrogens (tertiary/aromatic N) is 5. The Kier molecular flexibility index (Phi) is 4.36. The second kappa shape index (κ2) is 6.80. The lowest BCUT2D eigenvalue weighted by atomic mass is 10.0. The third kappa shape index (κ3) is 3.35. The van der Waals surface area contributed by atoms with Crippen LogP contribution in [0.4, 0.5) is 0 Å². The van der Waals surface area contributed by atoms with Gasteiger partial charge in [0.15, 0.2) is 5.65 Å². The summed E-state index contributed by atoms with van der Waals surface area (Å²) in [4.78, 5) is 18.8. The number of hydrogen-bond acceptors (Lipinski definition) is 4. The fourth-order valence-corrected chi connectivity index (χ4v) is 3.40. The summed E-state index contributed by atoms with van der Waals surface area (Å²) >= 11 is 5.89. The first-order chi connectivity index (χ1) is 12.2. The third-order valence-electron chi connectivity index (χ3n) is 4.66. The van der Waals surface area contributed by atoms with Crippen LogP contribution in [0.15, 0.2) is 42.6 Å². The number of pyridine rings is 1. The van der Waals surface area contributed by atoms with Crippen LogP contribution in [0.3, 0.4) is 0 Å². The molecule has 1 aliphatic rings. The van der Waals surface area contributed by atoms with E-state index in [1.54, 1.807) is 6.20 Å². The molecule has 2 aromatic heterocycles. The molecule has 7 heteroatoms. The van der Waals surface area contributed by atoms with Crippen molar-refractivity contribution in [3.05, 3.63) is 53.2 Å². The summed E-state index contributed by atoms with van der Waals surface area (Å²) in [6.45, 7) is 1.45. The topological polar surface area (TPSA) is 63.9 Å². The molecule has 1 aliphatic heterocycles. The summed E-state index contributed by atoms with van der Waals surface area (Å²) in [5.74, 6) is 0.155. The van der Waals surface area contributed by atoms with Crippen molar-refractivity contribution in [2.45, 2.75) is 25.3 Å². The minimum absolute atomic E-state index is 0.155. The molecule has 128 valence electrons. The van der Waals surface area contributed by atoms with Gasteiger partial charge in [-0.3, -0.25) is 4.79 Å². The fraction of sp³-hybridized carbons (Fsp3) is 0.333. The van der Waals surface area contributed by atoms with Crippen LogP contribution in [0, 0.1) is 0 Å². The number of benzene rings is 1. The number of fused-ring (bicyclic) bond motifs is 1. The highest BCUT2D eigenvalue weighted by atomic mass is 35.5. The standard InChI is InChI=1S/C18H18ClN5O/c19-14-5-3-13(4-6-14)12-17(25)23-10-7-15(8-11-23)24-18-16(21-22-24)2-1-9-20-18/h1-6,9,15H,7-8,10-12H2. The Bertz CT molecular complexity index is 884. The van der Waals surface area contributed by atoms with Crippen molar-refractivity contribution in [1.29, 1.82) is 0 Å². The predicted octanol–water partition coefficient (Wildman–Crippen LogP) is 2.89. The first kappa shape index (κ1) is 16.0. The van der Waals surface area contributed by atoms with Crippen molar-refractivity contribution < 1.29 is 4.79 Å². The number of hydrogen-bond donors (Lipinski definition) is 0. The summed E-state index contributed by atoms with van der Waals surface area (Å²) in [5, 5.41) is 9.11. The second-order valence-corrected chi connectivity index (χ2v) is 6.73. The fourth-order valence-electron chi connectivity index (χ4n) is 3.28. The summed E-state index contributed by atoms with van der Waals surface area (Å²) < 4.78 is 1.90. The van der Waals surface area contributed by atoms with Crippen molar-refractivity contribution >= 4 is 28.7 Å². The van der Waals surface area contributed by atoms with Gasteiger partial charge in [-0.25, -0.2) is 9.67 Å². The predicted molar refractivity (Wildman–Crippen MR) is 95.3 cm³/mol. The molecule has 0 spiro atoms. The number of piperidine rings is 1. The van der Waals surface area contributed by atoms with Gasteiger partial charge in [0.25, 0.3) is 0 Å². The summed E-state index contributed by atoms with van der Waals surface area (Å²) in [7, 11) is 0. The number of amides is 1. The van der Waals surface area contributed by atoms with Gasteiger partial charge >= 0.3 is 0 Å². The Labute approximate surface area is 150 Å². The zero-order valence-electron chi connectivity index (χ0n) is 13.7. The van der Waals surface area contributed by atoms with Crippen molar-refractivity contribution in [3.8, 4) is 0 Å². The molecule has 0 bridgehead atoms. The van der Waals surface area contributed by atoms with Gasteiger partial charge in [0.05, 0.1) is 12.5 Å². The largest absolute Gasteiger partial charge is 0.342 e. The Morgan fingerprint density at radius 2 is 1.92 bits per heavy atom. The maximum Gasteiger partial charge on any atom is 0.226 e. The van der Waals surface area contributed by atoms with E-state index in [0.29, 0.717) is 11.4 Å². The van der Waals surface area contributed by atoms with Crippen LogP contribution in [-0.2, 0) is 11.2 Å². The van der Waals surface area contributed by atoms with Crippen molar-refractivity contribution in [2.24, 2.45) is 0 Å². The minimum atomic E-state index is 0.155. The average Bonchev–Trinajstić information content (AvgIpc) is 3.08. The Balaban J connectivity index is 1.39. The molecule has 0 atom stereocenters. The van der Waals surface area contributed by atoms with Gasteiger partial charge < -0.3 is 4.90 Å². The number of aromatic nitrogens is 4. The number of rotatable bonds is 3. The molecular formula is C18H18ClN5O. The van der Waals surface area contributed by atoms with Crippen LogP contribution >= 0.6 is 11.6 Å². The molecule has 0 aliphatic carbocycles. The smallest absolute Gasteiger partial charge is 0.226 e. The summed E-state index contributed by atoms with van der Waals surface area (Å²) in [5.41, 5.74) is 2.61. The van der Waals surface area contributed by atoms with E-state index in [-0.39, 0.29) is 11.9 Å². The molecule has 6 nitrogen and oxygen atoms in total. The normalized spacial score (nSPS) is 15.6. The summed E-state index contributed by atoms with van der Waals surface area (Å²) in [6.07, 6.45) is 3.89. The Morgan fingerprint density at radius 3 is 2.68 bits per heavy atom. The van der Waals surface area contributed by atoms with E-state index < -0.39 is 0 Å². The maximum atomic E-state index is 12.5. The van der Waals surface area contributed by atoms with E-state index in [1.165, 1.54) is 0 Å². The second-order valence-electron chi connectivity index (χ2n) is 6.30. The molecule has 1 amide bonds. The van der Waals surface area contributed by atoms with Crippen LogP contribution in [0.1, 0.15) is 24.4 Å². The highest BCUT2D eigenvalue weighted by molar-refractivity contribution is 6.30. The third-order valence-corrected chi connectivity index (χ3v) is 4.92. The van der Waals surface area contributed by atoms with Crippen LogP contribution < -0.4 is 0 Å². The quantitative estimate of drug-likeness (QED) is 0.724. The van der Waals surface area contributed by atoms with Crippen LogP contribution in [0.5, 0.6) is 0 Å². The number of likely N-dealkylation sites (tertiary alicyclic amines) is 1. The average molecular weight is 356 g/mol. The highest BCUT2D eigenvalue weighted by Gasteiger charge is 2.25. The molecule has 4 rings (SSSR count). The lowest BCUT2D eigenvalue weighted by molar-refractivity contribution is -0.131. The van der Waals surface area contributed by atoms with Crippen molar-refractivity contribution in [1.82, 2.24) is 24.9 Å². The van der Waals surface area contributed by atoms with Crippen LogP contribution in [-0.4, -0.2) is 43.9 Å². The first-order valence-corrected chi connectivity index (χ1v) is 8.76. The maximum absolute atomic E-state index is 12.5. The van der Waals surface area contributed by atoms with E-state index in [4.69, 9.17) is 11.6 Å². The number of halogens is 1. The molecule has 1 aromatic carbocycles. The van der Waals surface area contributed by atoms with Crippen LogP contribution in [0.25, 0.3) is 11.2 Å². The molecule has 0 N–H and O–H groups in total. The molecule has 3 heterocycles. The molecular weight excluding hydrogens is 338 g/mol. The van der Waals surface area contributed by atoms with Gasteiger partial charge in [0.2, 0.25) is 5.91 Å². The lowest BCUT2D eigenvalue weighted by Gasteiger charge is -2.32. The molecule has 1 saturated heterocycles. The molecule has 0 unspecified atom stereocenters. The number of carbonyl (C=O) groups is 1. The molecule has 1 fully saturated rings. The zero-order chi connectivity index (χ0) is 17.2. The summed E-state index contributed by atoms with van der Waals surface area (Å²) in [6, 6.07) is 11.5. The molecule has 0 saturated carbocycles. The van der Waals surface area contributed by atoms with Gasteiger partial charge in [-0.2, -0.15) is 0 Å². The first-order valence-electron chi connectivity index (χ1n) is 8.39. The van der Waals surface area contributed by atoms with Gasteiger partial charge in [-0.15, -0.1) is 5.10 Å². The zero-order valence-corrected chi connectivity index (χ0v) is 14.4. The van der Waals surface area contributed by atoms with E-state index >= 15 is 0 Å². The monoisotopic (exact) mass is 355 g/mol. The van der Waals surface area contributed by atoms with Crippen LogP contribution in [0.2, 0.25) is 5.02 Å². The van der Waals surface area contributed by atoms with E-state index in [9.17, 15) is 4.79 Å². The van der Waals surface area contributed by atoms with Gasteiger partial charge in [0.1, 0.15) is 5.52 Å². The minimum Gasteiger partial charge on any atom is -0.342 e. The van der Waals surface area contributed by atoms with Crippen molar-refractivity contribution in [2.75, 3.05) is 13.1 Å². The van der Waals surface area contributed by atoms with Gasteiger partial charge in [-0.05, 0) is 42.7 Å². The SMILES string of the molecule is O=C(Cc1ccc(Cl)cc1)N1CCC(n2nnc3cccnc32)CC1. The Morgan fingerprint density at radius 1 is 1.16 bits per heavy atom. The van der Waals surface area contributed by atoms with E-state index in [2.05, 4.69) is 15.3 Å².